The molecule has 3 aromatic rings. The van der Waals surface area contributed by atoms with Crippen LogP contribution in [0.1, 0.15) is 24.8 Å². The summed E-state index contributed by atoms with van der Waals surface area (Å²) in [5.41, 5.74) is 1.78. The Bertz CT molecular complexity index is 994. The molecule has 3 heterocycles. The van der Waals surface area contributed by atoms with Gasteiger partial charge in [0.05, 0.1) is 17.6 Å². The summed E-state index contributed by atoms with van der Waals surface area (Å²) in [5.74, 6) is 0.963. The van der Waals surface area contributed by atoms with Crippen molar-refractivity contribution in [3.05, 3.63) is 66.6 Å². The monoisotopic (exact) mass is 439 g/mol. The first kappa shape index (κ1) is 21.5. The largest absolute Gasteiger partial charge is 0.354 e. The molecule has 1 unspecified atom stereocenters. The van der Waals surface area contributed by atoms with E-state index >= 15 is 0 Å². The SMILES string of the molecule is O=C(CS(=O)Cc1cnn(-c2ccccc2)c1-n1cccc1)NCCN1CCCCC1. The van der Waals surface area contributed by atoms with Crippen LogP contribution in [0.4, 0.5) is 0 Å². The Labute approximate surface area is 185 Å². The van der Waals surface area contributed by atoms with Gasteiger partial charge in [0, 0.05) is 41.8 Å². The lowest BCUT2D eigenvalue weighted by Gasteiger charge is -2.26. The standard InChI is InChI=1S/C23H29N5O2S/c29-22(24-11-16-26-12-5-2-6-13-26)19-31(30)18-20-17-25-28(21-9-3-1-4-10-21)23(20)27-14-7-8-15-27/h1,3-4,7-10,14-15,17H,2,5-6,11-13,16,18-19H2,(H,24,29). The maximum atomic E-state index is 12.7. The molecule has 31 heavy (non-hydrogen) atoms. The number of hydrogen-bond acceptors (Lipinski definition) is 4. The minimum Gasteiger partial charge on any atom is -0.354 e. The van der Waals surface area contributed by atoms with E-state index in [9.17, 15) is 9.00 Å². The summed E-state index contributed by atoms with van der Waals surface area (Å²) >= 11 is 0. The number of benzene rings is 1. The van der Waals surface area contributed by atoms with E-state index in [1.165, 1.54) is 19.3 Å². The number of nitrogens with one attached hydrogen (secondary N) is 1. The second-order valence-corrected chi connectivity index (χ2v) is 9.27. The number of carbonyl (C=O) groups is 1. The van der Waals surface area contributed by atoms with Gasteiger partial charge < -0.3 is 14.8 Å². The number of carbonyl (C=O) groups excluding carboxylic acids is 1. The Kier molecular flexibility index (Phi) is 7.32. The van der Waals surface area contributed by atoms with Crippen LogP contribution in [0, 0.1) is 0 Å². The first-order valence-corrected chi connectivity index (χ1v) is 12.3. The van der Waals surface area contributed by atoms with Crippen LogP contribution in [-0.2, 0) is 21.3 Å². The molecule has 0 spiro atoms. The van der Waals surface area contributed by atoms with Gasteiger partial charge in [-0.25, -0.2) is 4.68 Å². The average molecular weight is 440 g/mol. The van der Waals surface area contributed by atoms with Gasteiger partial charge in [-0.2, -0.15) is 5.10 Å². The van der Waals surface area contributed by atoms with E-state index in [4.69, 9.17) is 0 Å². The van der Waals surface area contributed by atoms with Crippen molar-refractivity contribution in [3.8, 4) is 11.5 Å². The van der Waals surface area contributed by atoms with Gasteiger partial charge in [0.1, 0.15) is 11.6 Å². The van der Waals surface area contributed by atoms with Crippen molar-refractivity contribution in [1.82, 2.24) is 24.6 Å². The highest BCUT2D eigenvalue weighted by molar-refractivity contribution is 7.84. The van der Waals surface area contributed by atoms with Gasteiger partial charge in [0.15, 0.2) is 0 Å². The molecule has 0 bridgehead atoms. The fourth-order valence-electron chi connectivity index (χ4n) is 3.94. The van der Waals surface area contributed by atoms with Crippen molar-refractivity contribution in [3.63, 3.8) is 0 Å². The van der Waals surface area contributed by atoms with Crippen molar-refractivity contribution in [1.29, 1.82) is 0 Å². The molecular weight excluding hydrogens is 410 g/mol. The molecule has 2 aromatic heterocycles. The predicted octanol–water partition coefficient (Wildman–Crippen LogP) is 2.51. The van der Waals surface area contributed by atoms with Crippen molar-refractivity contribution < 1.29 is 9.00 Å². The number of amides is 1. The van der Waals surface area contributed by atoms with Crippen LogP contribution in [0.3, 0.4) is 0 Å². The molecule has 0 aliphatic carbocycles. The number of aromatic nitrogens is 3. The van der Waals surface area contributed by atoms with Crippen molar-refractivity contribution >= 4 is 16.7 Å². The summed E-state index contributed by atoms with van der Waals surface area (Å²) in [6.07, 6.45) is 9.39. The molecule has 1 N–H and O–H groups in total. The lowest BCUT2D eigenvalue weighted by atomic mass is 10.1. The highest BCUT2D eigenvalue weighted by Gasteiger charge is 2.18. The molecular formula is C23H29N5O2S. The third-order valence-electron chi connectivity index (χ3n) is 5.47. The van der Waals surface area contributed by atoms with Crippen molar-refractivity contribution in [2.24, 2.45) is 0 Å². The molecule has 1 aromatic carbocycles. The first-order valence-electron chi connectivity index (χ1n) is 10.8. The summed E-state index contributed by atoms with van der Waals surface area (Å²) in [6, 6.07) is 13.7. The molecule has 1 atom stereocenters. The van der Waals surface area contributed by atoms with Gasteiger partial charge in [0.2, 0.25) is 5.91 Å². The van der Waals surface area contributed by atoms with E-state index in [1.807, 2.05) is 64.1 Å². The Morgan fingerprint density at radius 2 is 1.77 bits per heavy atom. The number of likely N-dealkylation sites (tertiary alicyclic amines) is 1. The van der Waals surface area contributed by atoms with Gasteiger partial charge in [-0.1, -0.05) is 24.6 Å². The van der Waals surface area contributed by atoms with Gasteiger partial charge in [0.25, 0.3) is 0 Å². The molecule has 7 nitrogen and oxygen atoms in total. The minimum atomic E-state index is -1.32. The van der Waals surface area contributed by atoms with E-state index in [2.05, 4.69) is 15.3 Å². The number of rotatable bonds is 9. The van der Waals surface area contributed by atoms with Crippen LogP contribution in [0.2, 0.25) is 0 Å². The van der Waals surface area contributed by atoms with E-state index in [0.717, 1.165) is 36.7 Å². The third-order valence-corrected chi connectivity index (χ3v) is 6.69. The molecule has 164 valence electrons. The molecule has 8 heteroatoms. The summed E-state index contributed by atoms with van der Waals surface area (Å²) in [7, 11) is -1.32. The molecule has 1 amide bonds. The zero-order valence-electron chi connectivity index (χ0n) is 17.7. The number of para-hydroxylation sites is 1. The summed E-state index contributed by atoms with van der Waals surface area (Å²) in [5, 5.41) is 7.45. The predicted molar refractivity (Wildman–Crippen MR) is 123 cm³/mol. The average Bonchev–Trinajstić information content (AvgIpc) is 3.45. The number of hydrogen-bond donors (Lipinski definition) is 1. The smallest absolute Gasteiger partial charge is 0.232 e. The first-order chi connectivity index (χ1) is 15.2. The molecule has 0 radical (unpaired) electrons. The van der Waals surface area contributed by atoms with Crippen molar-refractivity contribution in [2.75, 3.05) is 31.9 Å². The Hall–Kier alpha value is -2.71. The van der Waals surface area contributed by atoms with Crippen LogP contribution in [0.15, 0.2) is 61.1 Å². The number of piperidine rings is 1. The number of nitrogens with zero attached hydrogens (tertiary/aromatic N) is 4. The summed E-state index contributed by atoms with van der Waals surface area (Å²) < 4.78 is 16.6. The molecule has 1 saturated heterocycles. The quantitative estimate of drug-likeness (QED) is 0.556. The van der Waals surface area contributed by atoms with Gasteiger partial charge in [-0.05, 0) is 50.2 Å². The van der Waals surface area contributed by atoms with E-state index in [0.29, 0.717) is 6.54 Å². The van der Waals surface area contributed by atoms with Crippen LogP contribution in [-0.4, -0.2) is 61.3 Å². The minimum absolute atomic E-state index is 0.00162. The highest BCUT2D eigenvalue weighted by Crippen LogP contribution is 2.21. The Morgan fingerprint density at radius 1 is 1.03 bits per heavy atom. The fourth-order valence-corrected chi connectivity index (χ4v) is 4.99. The van der Waals surface area contributed by atoms with Crippen LogP contribution < -0.4 is 5.32 Å². The Balaban J connectivity index is 1.38. The van der Waals surface area contributed by atoms with E-state index < -0.39 is 10.8 Å². The Morgan fingerprint density at radius 3 is 2.52 bits per heavy atom. The molecule has 1 fully saturated rings. The lowest BCUT2D eigenvalue weighted by molar-refractivity contribution is -0.118. The fraction of sp³-hybridized carbons (Fsp3) is 0.391. The van der Waals surface area contributed by atoms with Gasteiger partial charge >= 0.3 is 0 Å². The zero-order valence-corrected chi connectivity index (χ0v) is 18.5. The zero-order chi connectivity index (χ0) is 21.5. The van der Waals surface area contributed by atoms with Gasteiger partial charge in [-0.15, -0.1) is 0 Å². The van der Waals surface area contributed by atoms with Crippen molar-refractivity contribution in [2.45, 2.75) is 25.0 Å². The molecule has 1 aliphatic rings. The van der Waals surface area contributed by atoms with Crippen LogP contribution in [0.5, 0.6) is 0 Å². The normalized spacial score (nSPS) is 15.6. The molecule has 4 rings (SSSR count). The van der Waals surface area contributed by atoms with Crippen LogP contribution in [0.25, 0.3) is 11.5 Å². The maximum absolute atomic E-state index is 12.7. The van der Waals surface area contributed by atoms with E-state index in [1.54, 1.807) is 6.20 Å². The molecule has 0 saturated carbocycles. The van der Waals surface area contributed by atoms with Gasteiger partial charge in [-0.3, -0.25) is 9.00 Å². The second kappa shape index (κ2) is 10.5. The summed E-state index contributed by atoms with van der Waals surface area (Å²) in [6.45, 7) is 3.68. The lowest BCUT2D eigenvalue weighted by Crippen LogP contribution is -2.38. The second-order valence-electron chi connectivity index (χ2n) is 7.81. The maximum Gasteiger partial charge on any atom is 0.232 e. The topological polar surface area (TPSA) is 72.2 Å². The van der Waals surface area contributed by atoms with Crippen LogP contribution >= 0.6 is 0 Å². The molecule has 1 aliphatic heterocycles. The summed E-state index contributed by atoms with van der Waals surface area (Å²) in [4.78, 5) is 14.7. The highest BCUT2D eigenvalue weighted by atomic mass is 32.2. The third kappa shape index (κ3) is 5.71. The van der Waals surface area contributed by atoms with E-state index in [-0.39, 0.29) is 17.4 Å².